The van der Waals surface area contributed by atoms with Crippen molar-refractivity contribution in [3.63, 3.8) is 0 Å². The van der Waals surface area contributed by atoms with Crippen LogP contribution in [0.3, 0.4) is 0 Å². The smallest absolute Gasteiger partial charge is 0.323 e. The van der Waals surface area contributed by atoms with Gasteiger partial charge in [-0.2, -0.15) is 0 Å². The highest BCUT2D eigenvalue weighted by atomic mass is 31.2. The summed E-state index contributed by atoms with van der Waals surface area (Å²) in [4.78, 5) is 9.06. The van der Waals surface area contributed by atoms with Crippen molar-refractivity contribution in [3.05, 3.63) is 0 Å². The van der Waals surface area contributed by atoms with E-state index < -0.39 is 12.9 Å². The lowest BCUT2D eigenvalue weighted by atomic mass is 10.4. The maximum Gasteiger partial charge on any atom is 0.347 e. The number of nitrogens with two attached hydrogens (primary N) is 1. The summed E-state index contributed by atoms with van der Waals surface area (Å²) in [5.41, 5.74) is 5.36. The summed E-state index contributed by atoms with van der Waals surface area (Å²) in [7, 11) is -3.60. The molecule has 0 spiro atoms. The number of hydrogen-bond donors (Lipinski definition) is 2. The van der Waals surface area contributed by atoms with Gasteiger partial charge in [-0.3, -0.25) is 4.57 Å². The molecule has 0 amide bonds. The fourth-order valence-electron chi connectivity index (χ4n) is 0.341. The lowest BCUT2D eigenvalue weighted by molar-refractivity contribution is 0.252. The summed E-state index contributed by atoms with van der Waals surface area (Å²) < 4.78 is 15.6. The van der Waals surface area contributed by atoms with Gasteiger partial charge in [-0.25, -0.2) is 0 Å². The zero-order valence-corrected chi connectivity index (χ0v) is 7.39. The maximum absolute atomic E-state index is 11.0. The third-order valence-electron chi connectivity index (χ3n) is 1.03. The molecular weight excluding hydrogens is 153 g/mol. The molecule has 0 fully saturated rings. The maximum atomic E-state index is 11.0. The molecule has 0 heterocycles. The minimum Gasteiger partial charge on any atom is -0.323 e. The zero-order chi connectivity index (χ0) is 8.41. The minimum absolute atomic E-state index is 0.203. The van der Waals surface area contributed by atoms with Crippen LogP contribution in [-0.4, -0.2) is 16.8 Å². The largest absolute Gasteiger partial charge is 0.347 e. The summed E-state index contributed by atoms with van der Waals surface area (Å²) >= 11 is 0. The summed E-state index contributed by atoms with van der Waals surface area (Å²) in [6.45, 7) is 4.77. The Labute approximate surface area is 60.9 Å². The normalized spacial score (nSPS) is 18.5. The molecule has 0 aliphatic rings. The second-order valence-electron chi connectivity index (χ2n) is 2.59. The van der Waals surface area contributed by atoms with E-state index in [1.165, 1.54) is 13.8 Å². The molecule has 0 bridgehead atoms. The predicted molar refractivity (Wildman–Crippen MR) is 39.7 cm³/mol. The number of rotatable bonds is 3. The Bertz CT molecular complexity index is 151. The molecule has 0 rings (SSSR count). The monoisotopic (exact) mass is 167 g/mol. The molecule has 1 unspecified atom stereocenters. The molecule has 0 aliphatic heterocycles. The van der Waals surface area contributed by atoms with Crippen molar-refractivity contribution in [2.45, 2.75) is 26.1 Å². The summed E-state index contributed by atoms with van der Waals surface area (Å²) in [6.07, 6.45) is 0. The topological polar surface area (TPSA) is 72.5 Å². The molecule has 0 radical (unpaired) electrons. The van der Waals surface area contributed by atoms with Gasteiger partial charge in [0.15, 0.2) is 0 Å². The van der Waals surface area contributed by atoms with Gasteiger partial charge in [-0.05, 0) is 20.8 Å². The quantitative estimate of drug-likeness (QED) is 0.612. The Kier molecular flexibility index (Phi) is 3.04. The summed E-state index contributed by atoms with van der Waals surface area (Å²) in [6, 6.07) is 0. The first-order valence-electron chi connectivity index (χ1n) is 3.07. The van der Waals surface area contributed by atoms with E-state index in [1.807, 2.05) is 0 Å². The highest BCUT2D eigenvalue weighted by Gasteiger charge is 2.36. The van der Waals surface area contributed by atoms with Gasteiger partial charge in [0.25, 0.3) is 0 Å². The van der Waals surface area contributed by atoms with Gasteiger partial charge in [0.1, 0.15) is 5.28 Å². The lowest BCUT2D eigenvalue weighted by Gasteiger charge is -2.24. The first-order valence-corrected chi connectivity index (χ1v) is 4.65. The van der Waals surface area contributed by atoms with Crippen LogP contribution >= 0.6 is 7.60 Å². The van der Waals surface area contributed by atoms with Gasteiger partial charge in [0, 0.05) is 0 Å². The highest BCUT2D eigenvalue weighted by Crippen LogP contribution is 2.51. The third kappa shape index (κ3) is 2.39. The second kappa shape index (κ2) is 3.01. The Balaban J connectivity index is 4.26. The van der Waals surface area contributed by atoms with E-state index in [-0.39, 0.29) is 6.61 Å². The Morgan fingerprint density at radius 3 is 2.20 bits per heavy atom. The Hall–Kier alpha value is 0.110. The van der Waals surface area contributed by atoms with Crippen LogP contribution in [-0.2, 0) is 9.09 Å². The molecule has 10 heavy (non-hydrogen) atoms. The van der Waals surface area contributed by atoms with Crippen LogP contribution in [0.25, 0.3) is 0 Å². The molecule has 0 saturated heterocycles. The molecule has 3 N–H and O–H groups in total. The molecule has 0 aromatic carbocycles. The van der Waals surface area contributed by atoms with Gasteiger partial charge in [-0.1, -0.05) is 0 Å². The molecule has 0 aromatic heterocycles. The van der Waals surface area contributed by atoms with Gasteiger partial charge in [0.2, 0.25) is 0 Å². The fraction of sp³-hybridized carbons (Fsp3) is 1.00. The van der Waals surface area contributed by atoms with Gasteiger partial charge in [0.05, 0.1) is 6.61 Å². The van der Waals surface area contributed by atoms with Gasteiger partial charge < -0.3 is 15.2 Å². The molecule has 1 atom stereocenters. The SMILES string of the molecule is CCOP(=O)(O)C(C)(C)N. The van der Waals surface area contributed by atoms with E-state index in [9.17, 15) is 4.57 Å². The predicted octanol–water partition coefficient (Wildman–Crippen LogP) is 0.903. The van der Waals surface area contributed by atoms with Crippen LogP contribution in [0, 0.1) is 0 Å². The van der Waals surface area contributed by atoms with Crippen LogP contribution in [0.4, 0.5) is 0 Å². The van der Waals surface area contributed by atoms with Crippen molar-refractivity contribution in [1.29, 1.82) is 0 Å². The first-order chi connectivity index (χ1) is 4.31. The molecule has 4 nitrogen and oxygen atoms in total. The Morgan fingerprint density at radius 1 is 1.70 bits per heavy atom. The summed E-state index contributed by atoms with van der Waals surface area (Å²) in [5, 5.41) is -1.16. The molecule has 0 aromatic rings. The van der Waals surface area contributed by atoms with E-state index in [0.717, 1.165) is 0 Å². The molecule has 62 valence electrons. The van der Waals surface area contributed by atoms with Crippen LogP contribution in [0.1, 0.15) is 20.8 Å². The van der Waals surface area contributed by atoms with E-state index in [0.29, 0.717) is 0 Å². The van der Waals surface area contributed by atoms with E-state index in [1.54, 1.807) is 6.92 Å². The fourth-order valence-corrected chi connectivity index (χ4v) is 1.02. The van der Waals surface area contributed by atoms with Crippen LogP contribution < -0.4 is 5.73 Å². The summed E-state index contributed by atoms with van der Waals surface area (Å²) in [5.74, 6) is 0. The van der Waals surface area contributed by atoms with Crippen LogP contribution in [0.2, 0.25) is 0 Å². The van der Waals surface area contributed by atoms with E-state index >= 15 is 0 Å². The van der Waals surface area contributed by atoms with Gasteiger partial charge >= 0.3 is 7.60 Å². The van der Waals surface area contributed by atoms with E-state index in [2.05, 4.69) is 4.52 Å². The second-order valence-corrected chi connectivity index (χ2v) is 5.04. The molecular formula is C5H14NO3P. The standard InChI is InChI=1S/C5H14NO3P/c1-4-9-10(7,8)5(2,3)6/h4,6H2,1-3H3,(H,7,8). The van der Waals surface area contributed by atoms with Crippen LogP contribution in [0.15, 0.2) is 0 Å². The van der Waals surface area contributed by atoms with E-state index in [4.69, 9.17) is 10.6 Å². The number of hydrogen-bond acceptors (Lipinski definition) is 3. The molecule has 5 heteroatoms. The van der Waals surface area contributed by atoms with Crippen molar-refractivity contribution < 1.29 is 14.0 Å². The zero-order valence-electron chi connectivity index (χ0n) is 6.50. The van der Waals surface area contributed by atoms with Crippen molar-refractivity contribution in [2.24, 2.45) is 5.73 Å². The van der Waals surface area contributed by atoms with Crippen LogP contribution in [0.5, 0.6) is 0 Å². The lowest BCUT2D eigenvalue weighted by Crippen LogP contribution is -2.32. The van der Waals surface area contributed by atoms with Crippen molar-refractivity contribution in [2.75, 3.05) is 6.61 Å². The Morgan fingerprint density at radius 2 is 2.10 bits per heavy atom. The highest BCUT2D eigenvalue weighted by molar-refractivity contribution is 7.54. The average molecular weight is 167 g/mol. The minimum atomic E-state index is -3.60. The average Bonchev–Trinajstić information content (AvgIpc) is 1.61. The van der Waals surface area contributed by atoms with Crippen molar-refractivity contribution in [1.82, 2.24) is 0 Å². The van der Waals surface area contributed by atoms with Crippen molar-refractivity contribution >= 4 is 7.60 Å². The first kappa shape index (κ1) is 10.1. The van der Waals surface area contributed by atoms with Gasteiger partial charge in [-0.15, -0.1) is 0 Å². The third-order valence-corrected chi connectivity index (χ3v) is 3.10. The molecule has 0 saturated carbocycles. The van der Waals surface area contributed by atoms with Crippen molar-refractivity contribution in [3.8, 4) is 0 Å². The molecule has 0 aliphatic carbocycles.